The van der Waals surface area contributed by atoms with Gasteiger partial charge in [-0.05, 0) is 70.6 Å². The van der Waals surface area contributed by atoms with E-state index in [1.165, 1.54) is 186 Å². The van der Waals surface area contributed by atoms with Gasteiger partial charge in [-0.25, -0.2) is 0 Å². The maximum atomic E-state index is 13.4. The summed E-state index contributed by atoms with van der Waals surface area (Å²) >= 11 is 0. The lowest BCUT2D eigenvalue weighted by Gasteiger charge is -2.48. The van der Waals surface area contributed by atoms with Crippen LogP contribution in [0.2, 0.25) is 0 Å². The fraction of sp³-hybridized carbons (Fsp3) is 0.817. The van der Waals surface area contributed by atoms with Crippen LogP contribution in [0.25, 0.3) is 0 Å². The van der Waals surface area contributed by atoms with Gasteiger partial charge >= 0.3 is 0 Å². The van der Waals surface area contributed by atoms with Crippen molar-refractivity contribution in [3.05, 3.63) is 85.1 Å². The molecule has 0 aromatic rings. The molecule has 101 heavy (non-hydrogen) atoms. The van der Waals surface area contributed by atoms with E-state index in [2.05, 4.69) is 92.1 Å². The smallest absolute Gasteiger partial charge is 0.220 e. The summed E-state index contributed by atoms with van der Waals surface area (Å²) in [6.45, 7) is 1.63. The van der Waals surface area contributed by atoms with Crippen molar-refractivity contribution in [3.63, 3.8) is 0 Å². The number of hydrogen-bond donors (Lipinski definition) is 12. The number of hydrogen-bond acceptors (Lipinski definition) is 18. The monoisotopic (exact) mass is 1430 g/mol. The molecule has 0 spiro atoms. The number of rotatable bonds is 63. The Kier molecular flexibility index (Phi) is 56.6. The van der Waals surface area contributed by atoms with Crippen LogP contribution in [-0.4, -0.2) is 193 Å². The first kappa shape index (κ1) is 92.2. The second-order valence-electron chi connectivity index (χ2n) is 28.5. The number of unbranched alkanes of at least 4 members (excludes halogenated alkanes) is 35. The Morgan fingerprint density at radius 3 is 1.07 bits per heavy atom. The summed E-state index contributed by atoms with van der Waals surface area (Å²) in [5.74, 6) is -0.273. The van der Waals surface area contributed by atoms with Crippen molar-refractivity contribution < 1.29 is 89.4 Å². The number of aliphatic hydroxyl groups excluding tert-OH is 11. The van der Waals surface area contributed by atoms with Crippen LogP contribution in [-0.2, 0) is 33.2 Å². The van der Waals surface area contributed by atoms with Crippen LogP contribution in [0.4, 0.5) is 0 Å². The summed E-state index contributed by atoms with van der Waals surface area (Å²) in [6.07, 6.45) is 55.9. The number of nitrogens with one attached hydrogen (secondary N) is 1. The molecule has 0 aromatic carbocycles. The van der Waals surface area contributed by atoms with E-state index in [1.807, 2.05) is 6.08 Å². The molecule has 3 aliphatic rings. The Morgan fingerprint density at radius 2 is 0.683 bits per heavy atom. The molecule has 0 saturated carbocycles. The van der Waals surface area contributed by atoms with Gasteiger partial charge in [0.1, 0.15) is 73.2 Å². The minimum absolute atomic E-state index is 0.244. The van der Waals surface area contributed by atoms with Crippen molar-refractivity contribution in [2.24, 2.45) is 0 Å². The van der Waals surface area contributed by atoms with Crippen LogP contribution in [0.15, 0.2) is 85.1 Å². The maximum Gasteiger partial charge on any atom is 0.220 e. The Labute approximate surface area is 610 Å². The van der Waals surface area contributed by atoms with Crippen LogP contribution in [0.3, 0.4) is 0 Å². The summed E-state index contributed by atoms with van der Waals surface area (Å²) in [5.41, 5.74) is 0. The molecule has 3 rings (SSSR count). The molecule has 0 aliphatic carbocycles. The number of ether oxygens (including phenoxy) is 6. The Hall–Kier alpha value is -3.03. The van der Waals surface area contributed by atoms with Gasteiger partial charge in [-0.1, -0.05) is 304 Å². The second-order valence-corrected chi connectivity index (χ2v) is 28.5. The molecular weight excluding hydrogens is 1290 g/mol. The highest BCUT2D eigenvalue weighted by Gasteiger charge is 2.54. The van der Waals surface area contributed by atoms with Crippen LogP contribution >= 0.6 is 0 Å². The highest BCUT2D eigenvalue weighted by Crippen LogP contribution is 2.33. The van der Waals surface area contributed by atoms with Crippen molar-refractivity contribution in [3.8, 4) is 0 Å². The predicted octanol–water partition coefficient (Wildman–Crippen LogP) is 13.4. The molecule has 1 amide bonds. The molecule has 586 valence electrons. The average molecular weight is 1430 g/mol. The normalized spacial score (nSPS) is 26.8. The minimum atomic E-state index is -1.98. The zero-order chi connectivity index (χ0) is 73.2. The summed E-state index contributed by atoms with van der Waals surface area (Å²) < 4.78 is 34.4. The lowest BCUT2D eigenvalue weighted by Crippen LogP contribution is -2.66. The van der Waals surface area contributed by atoms with E-state index in [9.17, 15) is 61.0 Å². The highest BCUT2D eigenvalue weighted by atomic mass is 16.8. The average Bonchev–Trinajstić information content (AvgIpc) is 0.782. The summed E-state index contributed by atoms with van der Waals surface area (Å²) in [6, 6.07) is -0.974. The fourth-order valence-corrected chi connectivity index (χ4v) is 13.3. The first-order valence-electron chi connectivity index (χ1n) is 40.3. The Bertz CT molecular complexity index is 2150. The van der Waals surface area contributed by atoms with Gasteiger partial charge in [0.25, 0.3) is 0 Å². The van der Waals surface area contributed by atoms with Crippen molar-refractivity contribution in [2.75, 3.05) is 26.4 Å². The fourth-order valence-electron chi connectivity index (χ4n) is 13.3. The first-order valence-corrected chi connectivity index (χ1v) is 40.3. The first-order chi connectivity index (χ1) is 49.3. The summed E-state index contributed by atoms with van der Waals surface area (Å²) in [5, 5.41) is 121. The highest BCUT2D eigenvalue weighted by molar-refractivity contribution is 5.76. The molecule has 19 nitrogen and oxygen atoms in total. The third-order valence-corrected chi connectivity index (χ3v) is 19.7. The van der Waals surface area contributed by atoms with Crippen LogP contribution < -0.4 is 5.32 Å². The predicted molar refractivity (Wildman–Crippen MR) is 401 cm³/mol. The van der Waals surface area contributed by atoms with Crippen molar-refractivity contribution in [1.29, 1.82) is 0 Å². The van der Waals surface area contributed by atoms with Crippen LogP contribution in [0.1, 0.15) is 296 Å². The van der Waals surface area contributed by atoms with Crippen molar-refractivity contribution in [1.82, 2.24) is 5.32 Å². The molecule has 0 bridgehead atoms. The van der Waals surface area contributed by atoms with Crippen molar-refractivity contribution in [2.45, 2.75) is 401 Å². The SMILES string of the molecule is CC/C=C\C/C=C\C/C=C\C/C=C\C/C=C\C/C=C\CCCCCCCCCCCCCCCCCCCCCCCCC(=O)NC(COC1OC(CO)C(OC2OC(CO)C(OC3OC(CO)C(O)C(O)C3O)C(O)C2O)C(O)C1O)C(O)/C=C/CCCCCCCCCCCCCCC. The summed E-state index contributed by atoms with van der Waals surface area (Å²) in [7, 11) is 0. The number of allylic oxidation sites excluding steroid dienone is 13. The molecule has 19 heteroatoms. The second kappa shape index (κ2) is 62.1. The number of aliphatic hydroxyl groups is 11. The summed E-state index contributed by atoms with van der Waals surface area (Å²) in [4.78, 5) is 13.4. The number of carbonyl (C=O) groups is 1. The molecule has 3 saturated heterocycles. The molecule has 0 radical (unpaired) electrons. The molecular formula is C82H145NO18. The van der Waals surface area contributed by atoms with E-state index in [-0.39, 0.29) is 18.9 Å². The van der Waals surface area contributed by atoms with Gasteiger partial charge in [-0.2, -0.15) is 0 Å². The third kappa shape index (κ3) is 42.2. The standard InChI is InChI=1S/C82H145NO18/c1-3-5-7-9-11-13-15-17-19-20-21-22-23-24-25-26-27-28-29-30-31-32-33-34-35-36-37-38-39-40-41-42-43-44-46-48-50-52-54-56-58-60-70(88)83-65(66(87)59-57-55-53-51-49-47-45-18-16-14-12-10-8-6-4-2)64-96-80-76(94)73(91)78(68(62-85)98-80)101-82-77(95)74(92)79(69(63-86)99-82)100-81-75(93)72(90)71(89)67(61-84)97-81/h5,7,11,13,17,19,21-22,24-25,27-28,57,59,65-69,71-82,84-87,89-95H,3-4,6,8-10,12,14-16,18,20,23,26,29-56,58,60-64H2,1-2H3,(H,83,88)/b7-5-,13-11-,19-17-,22-21-,25-24-,28-27-,59-57+. The number of amides is 1. The van der Waals surface area contributed by atoms with Gasteiger partial charge in [0.15, 0.2) is 18.9 Å². The van der Waals surface area contributed by atoms with Gasteiger partial charge in [0, 0.05) is 6.42 Å². The van der Waals surface area contributed by atoms with E-state index >= 15 is 0 Å². The van der Waals surface area contributed by atoms with Crippen molar-refractivity contribution >= 4 is 5.91 Å². The quantitative estimate of drug-likeness (QED) is 0.0199. The molecule has 0 aromatic heterocycles. The Morgan fingerprint density at radius 1 is 0.366 bits per heavy atom. The lowest BCUT2D eigenvalue weighted by molar-refractivity contribution is -0.379. The van der Waals surface area contributed by atoms with E-state index in [4.69, 9.17) is 28.4 Å². The van der Waals surface area contributed by atoms with E-state index in [1.54, 1.807) is 6.08 Å². The third-order valence-electron chi connectivity index (χ3n) is 19.7. The topological polar surface area (TPSA) is 307 Å². The van der Waals surface area contributed by atoms with E-state index in [0.717, 1.165) is 83.5 Å². The lowest BCUT2D eigenvalue weighted by atomic mass is 9.96. The molecule has 3 fully saturated rings. The maximum absolute atomic E-state index is 13.4. The Balaban J connectivity index is 1.29. The van der Waals surface area contributed by atoms with Gasteiger partial charge in [0.2, 0.25) is 5.91 Å². The molecule has 17 unspecified atom stereocenters. The van der Waals surface area contributed by atoms with Gasteiger partial charge in [-0.15, -0.1) is 0 Å². The zero-order valence-corrected chi connectivity index (χ0v) is 62.6. The van der Waals surface area contributed by atoms with E-state index in [0.29, 0.717) is 6.42 Å². The molecule has 3 heterocycles. The van der Waals surface area contributed by atoms with Crippen LogP contribution in [0, 0.1) is 0 Å². The molecule has 17 atom stereocenters. The van der Waals surface area contributed by atoms with Gasteiger partial charge in [0.05, 0.1) is 38.6 Å². The van der Waals surface area contributed by atoms with Gasteiger partial charge < -0.3 is 89.9 Å². The largest absolute Gasteiger partial charge is 0.394 e. The zero-order valence-electron chi connectivity index (χ0n) is 62.6. The number of carbonyl (C=O) groups excluding carboxylic acids is 1. The van der Waals surface area contributed by atoms with Crippen LogP contribution in [0.5, 0.6) is 0 Å². The molecule has 12 N–H and O–H groups in total. The molecule has 3 aliphatic heterocycles. The van der Waals surface area contributed by atoms with E-state index < -0.39 is 124 Å². The minimum Gasteiger partial charge on any atom is -0.394 e. The van der Waals surface area contributed by atoms with Gasteiger partial charge in [-0.3, -0.25) is 4.79 Å².